The molecule has 0 aliphatic carbocycles. The van der Waals surface area contributed by atoms with E-state index >= 15 is 0 Å². The molecule has 23 heavy (non-hydrogen) atoms. The van der Waals surface area contributed by atoms with Gasteiger partial charge in [-0.3, -0.25) is 4.79 Å². The number of aromatic nitrogens is 4. The molecule has 1 amide bonds. The molecule has 3 rings (SSSR count). The van der Waals surface area contributed by atoms with Crippen LogP contribution >= 0.6 is 11.3 Å². The van der Waals surface area contributed by atoms with E-state index in [0.717, 1.165) is 36.7 Å². The normalized spacial score (nSPS) is 17.3. The molecule has 0 saturated heterocycles. The number of aryl methyl sites for hydroxylation is 1. The number of nitrogens with zero attached hydrogens (tertiary/aromatic N) is 4. The number of amides is 1. The van der Waals surface area contributed by atoms with Gasteiger partial charge in [0.25, 0.3) is 0 Å². The highest BCUT2D eigenvalue weighted by Crippen LogP contribution is 2.18. The lowest BCUT2D eigenvalue weighted by atomic mass is 10.1. The maximum Gasteiger partial charge on any atom is 0.223 e. The first-order chi connectivity index (χ1) is 11.0. The molecular weight excluding hydrogens is 312 g/mol. The Morgan fingerprint density at radius 2 is 2.30 bits per heavy atom. The third-order valence-corrected chi connectivity index (χ3v) is 4.60. The molecule has 3 heterocycles. The Hall–Kier alpha value is -1.80. The van der Waals surface area contributed by atoms with Crippen molar-refractivity contribution >= 4 is 22.4 Å². The second kappa shape index (κ2) is 6.76. The average molecular weight is 334 g/mol. The summed E-state index contributed by atoms with van der Waals surface area (Å²) in [6.45, 7) is 7.26. The van der Waals surface area contributed by atoms with E-state index in [1.807, 2.05) is 10.1 Å². The molecule has 0 saturated carbocycles. The van der Waals surface area contributed by atoms with Crippen LogP contribution in [0.5, 0.6) is 0 Å². The molecule has 1 atom stereocenters. The minimum Gasteiger partial charge on any atom is -0.306 e. The van der Waals surface area contributed by atoms with Gasteiger partial charge in [-0.15, -0.1) is 11.3 Å². The zero-order valence-electron chi connectivity index (χ0n) is 13.7. The number of hydrogen-bond donors (Lipinski definition) is 2. The molecule has 0 spiro atoms. The van der Waals surface area contributed by atoms with Crippen LogP contribution in [0.1, 0.15) is 50.5 Å². The molecule has 124 valence electrons. The van der Waals surface area contributed by atoms with Gasteiger partial charge < -0.3 is 10.6 Å². The van der Waals surface area contributed by atoms with Crippen LogP contribution in [0.3, 0.4) is 0 Å². The summed E-state index contributed by atoms with van der Waals surface area (Å²) in [6, 6.07) is 0.370. The maximum atomic E-state index is 11.0. The number of fused-ring (bicyclic) bond motifs is 1. The Balaban J connectivity index is 1.55. The summed E-state index contributed by atoms with van der Waals surface area (Å²) < 4.78 is 2.03. The van der Waals surface area contributed by atoms with Crippen molar-refractivity contribution in [2.45, 2.75) is 58.7 Å². The van der Waals surface area contributed by atoms with Crippen molar-refractivity contribution in [2.75, 3.05) is 5.32 Å². The van der Waals surface area contributed by atoms with Gasteiger partial charge in [-0.1, -0.05) is 13.8 Å². The summed E-state index contributed by atoms with van der Waals surface area (Å²) in [4.78, 5) is 20.0. The highest BCUT2D eigenvalue weighted by Gasteiger charge is 2.22. The minimum absolute atomic E-state index is 0.0918. The van der Waals surface area contributed by atoms with E-state index in [-0.39, 0.29) is 5.91 Å². The average Bonchev–Trinajstić information content (AvgIpc) is 3.10. The molecule has 0 unspecified atom stereocenters. The van der Waals surface area contributed by atoms with Gasteiger partial charge in [-0.25, -0.2) is 14.6 Å². The summed E-state index contributed by atoms with van der Waals surface area (Å²) in [5.74, 6) is 2.29. The summed E-state index contributed by atoms with van der Waals surface area (Å²) in [6.07, 6.45) is 2.00. The monoisotopic (exact) mass is 334 g/mol. The SMILES string of the molecule is CC(=O)Nc1nc(CN[C@@H]2CCc3nc(C(C)C)nn3C2)cs1. The maximum absolute atomic E-state index is 11.0. The Morgan fingerprint density at radius 3 is 3.04 bits per heavy atom. The number of carbonyl (C=O) groups excluding carboxylic acids is 1. The molecule has 2 aromatic rings. The van der Waals surface area contributed by atoms with Crippen molar-refractivity contribution in [3.05, 3.63) is 22.7 Å². The van der Waals surface area contributed by atoms with Crippen molar-refractivity contribution in [3.63, 3.8) is 0 Å². The molecule has 0 radical (unpaired) electrons. The number of anilines is 1. The molecule has 7 nitrogen and oxygen atoms in total. The summed E-state index contributed by atoms with van der Waals surface area (Å²) >= 11 is 1.45. The van der Waals surface area contributed by atoms with E-state index in [0.29, 0.717) is 23.6 Å². The Bertz CT molecular complexity index is 692. The van der Waals surface area contributed by atoms with Gasteiger partial charge in [-0.2, -0.15) is 5.10 Å². The second-order valence-corrected chi connectivity index (χ2v) is 7.02. The van der Waals surface area contributed by atoms with E-state index in [4.69, 9.17) is 0 Å². The lowest BCUT2D eigenvalue weighted by molar-refractivity contribution is -0.114. The Labute approximate surface area is 139 Å². The van der Waals surface area contributed by atoms with E-state index in [9.17, 15) is 4.79 Å². The highest BCUT2D eigenvalue weighted by atomic mass is 32.1. The first kappa shape index (κ1) is 16.1. The van der Waals surface area contributed by atoms with Crippen LogP contribution in [0.15, 0.2) is 5.38 Å². The summed E-state index contributed by atoms with van der Waals surface area (Å²) in [5.41, 5.74) is 0.950. The van der Waals surface area contributed by atoms with Gasteiger partial charge in [0.1, 0.15) is 5.82 Å². The summed E-state index contributed by atoms with van der Waals surface area (Å²) in [5, 5.41) is 13.5. The van der Waals surface area contributed by atoms with Crippen molar-refractivity contribution in [1.82, 2.24) is 25.1 Å². The fraction of sp³-hybridized carbons (Fsp3) is 0.600. The molecular formula is C15H22N6OS. The molecule has 2 N–H and O–H groups in total. The number of carbonyl (C=O) groups is 1. The predicted molar refractivity (Wildman–Crippen MR) is 89.5 cm³/mol. The highest BCUT2D eigenvalue weighted by molar-refractivity contribution is 7.13. The molecule has 1 aliphatic heterocycles. The van der Waals surface area contributed by atoms with Crippen molar-refractivity contribution in [3.8, 4) is 0 Å². The zero-order valence-corrected chi connectivity index (χ0v) is 14.5. The zero-order chi connectivity index (χ0) is 16.4. The standard InChI is InChI=1S/C15H22N6OS/c1-9(2)14-19-13-5-4-11(7-21(13)20-14)16-6-12-8-23-15(18-12)17-10(3)22/h8-9,11,16H,4-7H2,1-3H3,(H,17,18,22)/t11-/m1/s1. The van der Waals surface area contributed by atoms with E-state index in [1.54, 1.807) is 0 Å². The fourth-order valence-corrected chi connectivity index (χ4v) is 3.34. The molecule has 8 heteroatoms. The first-order valence-electron chi connectivity index (χ1n) is 7.90. The topological polar surface area (TPSA) is 84.7 Å². The number of hydrogen-bond acceptors (Lipinski definition) is 6. The molecule has 0 fully saturated rings. The predicted octanol–water partition coefficient (Wildman–Crippen LogP) is 1.92. The van der Waals surface area contributed by atoms with Crippen LogP contribution in [0.4, 0.5) is 5.13 Å². The Morgan fingerprint density at radius 1 is 1.48 bits per heavy atom. The third-order valence-electron chi connectivity index (χ3n) is 3.80. The molecule has 2 aromatic heterocycles. The van der Waals surface area contributed by atoms with E-state index < -0.39 is 0 Å². The van der Waals surface area contributed by atoms with Crippen LogP contribution in [-0.2, 0) is 24.3 Å². The van der Waals surface area contributed by atoms with Gasteiger partial charge in [0, 0.05) is 37.2 Å². The van der Waals surface area contributed by atoms with Crippen LogP contribution < -0.4 is 10.6 Å². The van der Waals surface area contributed by atoms with Crippen LogP contribution in [0.25, 0.3) is 0 Å². The molecule has 1 aliphatic rings. The second-order valence-electron chi connectivity index (χ2n) is 6.16. The lowest BCUT2D eigenvalue weighted by Crippen LogP contribution is -2.37. The van der Waals surface area contributed by atoms with E-state index in [1.165, 1.54) is 18.3 Å². The Kier molecular flexibility index (Phi) is 4.72. The van der Waals surface area contributed by atoms with Gasteiger partial charge >= 0.3 is 0 Å². The molecule has 0 aromatic carbocycles. The number of rotatable bonds is 5. The largest absolute Gasteiger partial charge is 0.306 e. The van der Waals surface area contributed by atoms with Gasteiger partial charge in [0.2, 0.25) is 5.91 Å². The first-order valence-corrected chi connectivity index (χ1v) is 8.78. The van der Waals surface area contributed by atoms with Crippen molar-refractivity contribution < 1.29 is 4.79 Å². The lowest BCUT2D eigenvalue weighted by Gasteiger charge is -2.23. The van der Waals surface area contributed by atoms with E-state index in [2.05, 4.69) is 39.5 Å². The smallest absolute Gasteiger partial charge is 0.223 e. The molecule has 0 bridgehead atoms. The van der Waals surface area contributed by atoms with Gasteiger partial charge in [-0.05, 0) is 6.42 Å². The van der Waals surface area contributed by atoms with Gasteiger partial charge in [0.05, 0.1) is 12.2 Å². The fourth-order valence-electron chi connectivity index (χ4n) is 2.58. The quantitative estimate of drug-likeness (QED) is 0.873. The number of nitrogens with one attached hydrogen (secondary N) is 2. The van der Waals surface area contributed by atoms with Gasteiger partial charge in [0.15, 0.2) is 11.0 Å². The number of thiazole rings is 1. The minimum atomic E-state index is -0.0918. The third kappa shape index (κ3) is 3.94. The van der Waals surface area contributed by atoms with Crippen molar-refractivity contribution in [1.29, 1.82) is 0 Å². The van der Waals surface area contributed by atoms with Crippen LogP contribution in [0.2, 0.25) is 0 Å². The summed E-state index contributed by atoms with van der Waals surface area (Å²) in [7, 11) is 0. The van der Waals surface area contributed by atoms with Crippen LogP contribution in [-0.4, -0.2) is 31.7 Å². The van der Waals surface area contributed by atoms with Crippen LogP contribution in [0, 0.1) is 0 Å². The van der Waals surface area contributed by atoms with Crippen molar-refractivity contribution in [2.24, 2.45) is 0 Å².